The number of primary amides is 2. The molecule has 7 aliphatic rings. The molecule has 0 spiro atoms. The number of Topliss-reactive ketones (excluding diaryl/α,β-unsaturated/α-hetero) is 5. The molecule has 23 nitrogen and oxygen atoms in total. The van der Waals surface area contributed by atoms with Gasteiger partial charge in [-0.2, -0.15) is 0 Å². The van der Waals surface area contributed by atoms with Gasteiger partial charge in [-0.25, -0.2) is 0 Å². The number of likely N-dealkylation sites (tertiary alicyclic amines) is 1. The van der Waals surface area contributed by atoms with E-state index in [1.165, 1.54) is 36.0 Å². The number of hydrogen-bond acceptors (Lipinski definition) is 21. The number of carbonyl (C=O) groups is 7. The van der Waals surface area contributed by atoms with Crippen LogP contribution in [0.5, 0.6) is 11.5 Å². The first-order valence-electron chi connectivity index (χ1n) is 26.2. The Morgan fingerprint density at radius 1 is 0.675 bits per heavy atom. The van der Waals surface area contributed by atoms with Crippen LogP contribution in [0.15, 0.2) is 68.6 Å². The molecule has 3 fully saturated rings. The van der Waals surface area contributed by atoms with Gasteiger partial charge in [-0.15, -0.1) is 0 Å². The van der Waals surface area contributed by atoms with E-state index in [0.29, 0.717) is 34.7 Å². The fourth-order valence-electron chi connectivity index (χ4n) is 13.5. The number of aliphatic hydroxyl groups excluding tert-OH is 4. The molecule has 6 unspecified atom stereocenters. The van der Waals surface area contributed by atoms with Crippen molar-refractivity contribution < 1.29 is 78.8 Å². The second-order valence-electron chi connectivity index (χ2n) is 22.9. The van der Waals surface area contributed by atoms with Crippen molar-refractivity contribution in [1.82, 2.24) is 19.6 Å². The summed E-state index contributed by atoms with van der Waals surface area (Å²) in [5.74, 6) is -13.2. The number of furan rings is 1. The molecule has 1 aliphatic heterocycles. The van der Waals surface area contributed by atoms with Gasteiger partial charge in [0.1, 0.15) is 57.2 Å². The number of rotatable bonds is 11. The molecule has 10 rings (SSSR count). The minimum atomic E-state index is -2.70. The fourth-order valence-corrected chi connectivity index (χ4v) is 13.5. The maximum absolute atomic E-state index is 14.2. The Bertz CT molecular complexity index is 3360. The summed E-state index contributed by atoms with van der Waals surface area (Å²) in [4.78, 5) is 100. The average Bonchev–Trinajstić information content (AvgIpc) is 4.15. The lowest BCUT2D eigenvalue weighted by Crippen LogP contribution is -2.65. The Morgan fingerprint density at radius 3 is 1.62 bits per heavy atom. The highest BCUT2D eigenvalue weighted by molar-refractivity contribution is 6.26. The quantitative estimate of drug-likeness (QED) is 0.0963. The smallest absolute Gasteiger partial charge is 0.255 e. The van der Waals surface area contributed by atoms with Crippen molar-refractivity contribution >= 4 is 57.9 Å². The molecular weight excluding hydrogens is 1040 g/mol. The van der Waals surface area contributed by atoms with Gasteiger partial charge in [0, 0.05) is 48.3 Å². The summed E-state index contributed by atoms with van der Waals surface area (Å²) in [7, 11) is 13.3. The number of aromatic hydroxyl groups is 2. The van der Waals surface area contributed by atoms with Gasteiger partial charge in [-0.05, 0) is 147 Å². The molecular formula is C57H67N7O16. The predicted octanol–water partition coefficient (Wildman–Crippen LogP) is 1.59. The van der Waals surface area contributed by atoms with Gasteiger partial charge >= 0.3 is 0 Å². The summed E-state index contributed by atoms with van der Waals surface area (Å²) in [6.07, 6.45) is 2.53. The number of phenols is 2. The number of carbonyl (C=O) groups excluding carboxylic acids is 7. The number of anilines is 1. The first-order chi connectivity index (χ1) is 37.5. The van der Waals surface area contributed by atoms with Crippen LogP contribution in [-0.4, -0.2) is 200 Å². The first kappa shape index (κ1) is 57.0. The molecule has 0 bridgehead atoms. The summed E-state index contributed by atoms with van der Waals surface area (Å²) in [6.45, 7) is 2.69. The number of likely N-dealkylation sites (N-methyl/N-ethyl adjacent to an activating group) is 3. The van der Waals surface area contributed by atoms with Crippen molar-refractivity contribution in [2.75, 3.05) is 80.9 Å². The molecule has 1 aromatic heterocycles. The van der Waals surface area contributed by atoms with Crippen LogP contribution in [0, 0.1) is 23.7 Å². The molecule has 3 aromatic rings. The van der Waals surface area contributed by atoms with Crippen LogP contribution < -0.4 is 16.4 Å². The highest BCUT2D eigenvalue weighted by Gasteiger charge is 2.66. The number of amides is 2. The lowest BCUT2D eigenvalue weighted by atomic mass is 9.57. The predicted molar refractivity (Wildman–Crippen MR) is 288 cm³/mol. The van der Waals surface area contributed by atoms with Crippen molar-refractivity contribution in [1.29, 1.82) is 0 Å². The highest BCUT2D eigenvalue weighted by Crippen LogP contribution is 2.56. The Hall–Kier alpha value is -7.67. The molecule has 2 amide bonds. The van der Waals surface area contributed by atoms with E-state index < -0.39 is 116 Å². The largest absolute Gasteiger partial charge is 0.508 e. The summed E-state index contributed by atoms with van der Waals surface area (Å²) in [6, 6.07) is 5.80. The summed E-state index contributed by atoms with van der Waals surface area (Å²) in [5.41, 5.74) is 5.34. The maximum Gasteiger partial charge on any atom is 0.255 e. The van der Waals surface area contributed by atoms with E-state index in [1.807, 2.05) is 25.1 Å². The van der Waals surface area contributed by atoms with Crippen LogP contribution in [0.3, 0.4) is 0 Å². The molecule has 12 N–H and O–H groups in total. The van der Waals surface area contributed by atoms with Crippen LogP contribution in [-0.2, 0) is 48.2 Å². The monoisotopic (exact) mass is 1110 g/mol. The second-order valence-corrected chi connectivity index (χ2v) is 22.9. The number of phenolic OH excluding ortho intramolecular Hbond substituents is 2. The number of fused-ring (bicyclic) bond motifs is 6. The van der Waals surface area contributed by atoms with Crippen LogP contribution in [0.4, 0.5) is 5.69 Å². The van der Waals surface area contributed by atoms with Crippen LogP contribution in [0.25, 0.3) is 22.8 Å². The number of hydrogen-bond donors (Lipinski definition) is 10. The molecule has 2 heterocycles. The van der Waals surface area contributed by atoms with Crippen molar-refractivity contribution in [3.8, 4) is 22.8 Å². The second kappa shape index (κ2) is 20.5. The van der Waals surface area contributed by atoms with Gasteiger partial charge in [0.25, 0.3) is 11.8 Å². The zero-order valence-electron chi connectivity index (χ0n) is 45.7. The van der Waals surface area contributed by atoms with Crippen molar-refractivity contribution in [3.63, 3.8) is 0 Å². The Morgan fingerprint density at radius 2 is 1.16 bits per heavy atom. The molecule has 8 atom stereocenters. The third-order valence-electron chi connectivity index (χ3n) is 17.0. The number of nitrogens with two attached hydrogens (primary N) is 2. The van der Waals surface area contributed by atoms with E-state index in [9.17, 15) is 74.4 Å². The molecule has 2 aromatic carbocycles. The zero-order valence-corrected chi connectivity index (χ0v) is 45.7. The molecule has 2 saturated carbocycles. The van der Waals surface area contributed by atoms with Gasteiger partial charge in [0.2, 0.25) is 11.6 Å². The SMILES string of the molecule is CN(C)CC(=O)c1ccc(O)c2c1CC1CC3[C@H](N(C)C)C(=O)C(C(N)=O)=C(O)C3(O)C(=O)C1=C2O.CN(C)c1cc(-c2ccc(CN3CCCC3)o2)c(O)c2c1CC1CC3[C@H](N(C)C)C(=O)C(C(N)=O)=C(O)C3(O)C(=O)C1=C2O. The Labute approximate surface area is 459 Å². The zero-order chi connectivity index (χ0) is 58.7. The van der Waals surface area contributed by atoms with E-state index in [0.717, 1.165) is 31.7 Å². The van der Waals surface area contributed by atoms with E-state index in [1.54, 1.807) is 45.2 Å². The standard InChI is InChI=1S/C32H38N4O8.C25H29N3O8/c1-34(2)20-13-18(21-8-7-16(44-21)14-36-9-5-6-10-36)26(37)23-17(20)11-15-12-19-25(35(3)4)28(39)24(31(33)42)30(41)32(19,43)29(40)22(15)27(23)38;1-27(2)9-15(30)11-5-6-14(29)17-12(11)7-10-8-13-19(28(3)4)21(32)18(24(26)35)23(34)25(13,36)22(33)16(10)20(17)31/h7-8,13,15,19,25,37-38,41,43H,5-6,9-12,14H2,1-4H3,(H2,33,42);5-6,10,13,19,29,31,34,36H,7-9H2,1-4H3,(H2,26,35)/t15?,19?,25-,32?;10?,13?,19-,25?/m00/s1. The number of nitrogens with zero attached hydrogens (tertiary/aromatic N) is 5. The minimum absolute atomic E-state index is 0.0270. The van der Waals surface area contributed by atoms with E-state index in [4.69, 9.17) is 15.9 Å². The summed E-state index contributed by atoms with van der Waals surface area (Å²) >= 11 is 0. The molecule has 6 aliphatic carbocycles. The lowest BCUT2D eigenvalue weighted by Gasteiger charge is -2.50. The summed E-state index contributed by atoms with van der Waals surface area (Å²) in [5, 5.41) is 90.4. The van der Waals surface area contributed by atoms with Crippen molar-refractivity contribution in [2.24, 2.45) is 35.1 Å². The Kier molecular flexibility index (Phi) is 14.6. The van der Waals surface area contributed by atoms with E-state index in [2.05, 4.69) is 4.90 Å². The normalized spacial score (nSPS) is 27.4. The summed E-state index contributed by atoms with van der Waals surface area (Å²) < 4.78 is 6.14. The Balaban J connectivity index is 0.000000198. The van der Waals surface area contributed by atoms with E-state index >= 15 is 0 Å². The van der Waals surface area contributed by atoms with E-state index in [-0.39, 0.29) is 77.3 Å². The van der Waals surface area contributed by atoms with Crippen molar-refractivity contribution in [3.05, 3.63) is 97.7 Å². The number of aliphatic hydroxyl groups is 6. The highest BCUT2D eigenvalue weighted by atomic mass is 16.4. The minimum Gasteiger partial charge on any atom is -0.508 e. The number of benzene rings is 2. The number of ketones is 5. The maximum atomic E-state index is 14.2. The topological polar surface area (TPSA) is 363 Å². The van der Waals surface area contributed by atoms with Gasteiger partial charge in [0.15, 0.2) is 28.6 Å². The third kappa shape index (κ3) is 8.68. The molecule has 80 heavy (non-hydrogen) atoms. The first-order valence-corrected chi connectivity index (χ1v) is 26.2. The van der Waals surface area contributed by atoms with Crippen LogP contribution in [0.2, 0.25) is 0 Å². The van der Waals surface area contributed by atoms with Gasteiger partial charge in [0.05, 0.1) is 41.9 Å². The van der Waals surface area contributed by atoms with Gasteiger partial charge < -0.3 is 66.5 Å². The fraction of sp³-hybridized carbons (Fsp3) is 0.456. The van der Waals surface area contributed by atoms with Crippen molar-refractivity contribution in [2.45, 2.75) is 68.4 Å². The van der Waals surface area contributed by atoms with Gasteiger partial charge in [-0.3, -0.25) is 48.3 Å². The lowest BCUT2D eigenvalue weighted by molar-refractivity contribution is -0.155. The average molecular weight is 1110 g/mol. The molecule has 23 heteroatoms. The molecule has 426 valence electrons. The molecule has 1 saturated heterocycles. The molecule has 0 radical (unpaired) electrons. The van der Waals surface area contributed by atoms with Crippen LogP contribution in [0.1, 0.15) is 64.1 Å². The van der Waals surface area contributed by atoms with Crippen LogP contribution >= 0.6 is 0 Å². The third-order valence-corrected chi connectivity index (χ3v) is 17.0. The van der Waals surface area contributed by atoms with Gasteiger partial charge in [-0.1, -0.05) is 0 Å².